The van der Waals surface area contributed by atoms with E-state index in [2.05, 4.69) is 48.0 Å². The van der Waals surface area contributed by atoms with Gasteiger partial charge in [-0.05, 0) is 43.7 Å². The van der Waals surface area contributed by atoms with Crippen LogP contribution in [0, 0.1) is 6.92 Å². The molecule has 0 radical (unpaired) electrons. The minimum atomic E-state index is -0.0368. The molecule has 2 aromatic rings. The van der Waals surface area contributed by atoms with Crippen LogP contribution in [0.15, 0.2) is 47.6 Å². The molecule has 2 aliphatic rings. The summed E-state index contributed by atoms with van der Waals surface area (Å²) in [4.78, 5) is 35.5. The monoisotopic (exact) mass is 396 g/mol. The summed E-state index contributed by atoms with van der Waals surface area (Å²) in [6.07, 6.45) is 1.72. The number of piperazine rings is 1. The van der Waals surface area contributed by atoms with Crippen molar-refractivity contribution >= 4 is 35.0 Å². The number of hydrogen-bond acceptors (Lipinski definition) is 5. The average Bonchev–Trinajstić information content (AvgIpc) is 2.70. The second-order valence-electron chi connectivity index (χ2n) is 7.32. The van der Waals surface area contributed by atoms with E-state index in [1.807, 2.05) is 11.0 Å². The van der Waals surface area contributed by atoms with Crippen LogP contribution in [-0.2, 0) is 9.59 Å². The standard InChI is InChI=1S/C21H24N4O2S/c1-15-5-3-6-17(11-15)24-10-9-23(12-16(24)2)19(26)13-25-18-7-4-8-22-21(18)28-14-20(25)27/h3-8,11,16H,9-10,12-14H2,1-2H3/t16-/m1/s1. The molecule has 28 heavy (non-hydrogen) atoms. The van der Waals surface area contributed by atoms with Crippen molar-refractivity contribution in [3.8, 4) is 0 Å². The number of thioether (sulfide) groups is 1. The molecule has 0 bridgehead atoms. The van der Waals surface area contributed by atoms with Crippen LogP contribution in [0.2, 0.25) is 0 Å². The van der Waals surface area contributed by atoms with Crippen LogP contribution < -0.4 is 9.80 Å². The smallest absolute Gasteiger partial charge is 0.242 e. The van der Waals surface area contributed by atoms with Gasteiger partial charge < -0.3 is 9.80 Å². The maximum Gasteiger partial charge on any atom is 0.242 e. The van der Waals surface area contributed by atoms with Gasteiger partial charge in [-0.25, -0.2) is 4.98 Å². The summed E-state index contributed by atoms with van der Waals surface area (Å²) in [6, 6.07) is 12.4. The van der Waals surface area contributed by atoms with Crippen molar-refractivity contribution in [3.05, 3.63) is 48.2 Å². The largest absolute Gasteiger partial charge is 0.365 e. The second-order valence-corrected chi connectivity index (χ2v) is 8.28. The van der Waals surface area contributed by atoms with Gasteiger partial charge in [-0.15, -0.1) is 0 Å². The zero-order chi connectivity index (χ0) is 19.7. The number of hydrogen-bond donors (Lipinski definition) is 0. The number of benzene rings is 1. The lowest BCUT2D eigenvalue weighted by Crippen LogP contribution is -2.56. The van der Waals surface area contributed by atoms with E-state index in [1.54, 1.807) is 17.2 Å². The molecule has 6 nitrogen and oxygen atoms in total. The quantitative estimate of drug-likeness (QED) is 0.798. The van der Waals surface area contributed by atoms with Crippen molar-refractivity contribution in [1.29, 1.82) is 0 Å². The highest BCUT2D eigenvalue weighted by atomic mass is 32.2. The molecule has 0 aliphatic carbocycles. The van der Waals surface area contributed by atoms with Crippen molar-refractivity contribution in [2.75, 3.05) is 41.7 Å². The Morgan fingerprint density at radius 3 is 2.89 bits per heavy atom. The van der Waals surface area contributed by atoms with Gasteiger partial charge in [0.05, 0.1) is 11.4 Å². The van der Waals surface area contributed by atoms with E-state index in [0.717, 1.165) is 17.3 Å². The molecule has 4 rings (SSSR count). The minimum absolute atomic E-state index is 0.00852. The fourth-order valence-corrected chi connectivity index (χ4v) is 4.70. The van der Waals surface area contributed by atoms with Gasteiger partial charge in [-0.3, -0.25) is 14.5 Å². The Morgan fingerprint density at radius 2 is 2.11 bits per heavy atom. The van der Waals surface area contributed by atoms with Gasteiger partial charge in [0.1, 0.15) is 11.6 Å². The molecular formula is C21H24N4O2S. The SMILES string of the molecule is Cc1cccc(N2CCN(C(=O)CN3C(=O)CSc4ncccc43)C[C@H]2C)c1. The van der Waals surface area contributed by atoms with Crippen LogP contribution in [0.25, 0.3) is 0 Å². The van der Waals surface area contributed by atoms with Crippen molar-refractivity contribution in [3.63, 3.8) is 0 Å². The van der Waals surface area contributed by atoms with E-state index in [9.17, 15) is 9.59 Å². The molecule has 2 amide bonds. The average molecular weight is 397 g/mol. The van der Waals surface area contributed by atoms with Gasteiger partial charge in [0.25, 0.3) is 0 Å². The molecule has 146 valence electrons. The first-order chi connectivity index (χ1) is 13.5. The Balaban J connectivity index is 1.44. The second kappa shape index (κ2) is 7.83. The Morgan fingerprint density at radius 1 is 1.25 bits per heavy atom. The number of aromatic nitrogens is 1. The first-order valence-electron chi connectivity index (χ1n) is 9.52. The molecule has 1 saturated heterocycles. The number of fused-ring (bicyclic) bond motifs is 1. The summed E-state index contributed by atoms with van der Waals surface area (Å²) >= 11 is 1.43. The minimum Gasteiger partial charge on any atom is -0.365 e. The molecule has 1 fully saturated rings. The highest BCUT2D eigenvalue weighted by Gasteiger charge is 2.31. The van der Waals surface area contributed by atoms with Crippen molar-refractivity contribution < 1.29 is 9.59 Å². The van der Waals surface area contributed by atoms with Crippen LogP contribution in [-0.4, -0.2) is 59.7 Å². The third kappa shape index (κ3) is 3.71. The molecule has 0 saturated carbocycles. The lowest BCUT2D eigenvalue weighted by molar-refractivity contribution is -0.131. The summed E-state index contributed by atoms with van der Waals surface area (Å²) in [7, 11) is 0. The fourth-order valence-electron chi connectivity index (χ4n) is 3.82. The van der Waals surface area contributed by atoms with Gasteiger partial charge in [-0.2, -0.15) is 0 Å². The van der Waals surface area contributed by atoms with Crippen LogP contribution in [0.3, 0.4) is 0 Å². The molecule has 1 aromatic heterocycles. The third-order valence-corrected chi connectivity index (χ3v) is 6.26. The van der Waals surface area contributed by atoms with Crippen LogP contribution >= 0.6 is 11.8 Å². The van der Waals surface area contributed by atoms with E-state index in [4.69, 9.17) is 0 Å². The van der Waals surface area contributed by atoms with Gasteiger partial charge in [0.2, 0.25) is 11.8 Å². The predicted molar refractivity (Wildman–Crippen MR) is 112 cm³/mol. The van der Waals surface area contributed by atoms with E-state index in [-0.39, 0.29) is 24.4 Å². The van der Waals surface area contributed by atoms with Crippen molar-refractivity contribution in [2.24, 2.45) is 0 Å². The lowest BCUT2D eigenvalue weighted by atomic mass is 10.1. The zero-order valence-electron chi connectivity index (χ0n) is 16.2. The highest BCUT2D eigenvalue weighted by molar-refractivity contribution is 8.00. The lowest BCUT2D eigenvalue weighted by Gasteiger charge is -2.42. The van der Waals surface area contributed by atoms with Crippen molar-refractivity contribution in [1.82, 2.24) is 9.88 Å². The molecule has 2 aliphatic heterocycles. The predicted octanol–water partition coefficient (Wildman–Crippen LogP) is 2.57. The molecule has 0 N–H and O–H groups in total. The first kappa shape index (κ1) is 18.8. The van der Waals surface area contributed by atoms with Gasteiger partial charge in [-0.1, -0.05) is 23.9 Å². The molecule has 7 heteroatoms. The topological polar surface area (TPSA) is 56.8 Å². The molecule has 0 spiro atoms. The molecular weight excluding hydrogens is 372 g/mol. The Bertz CT molecular complexity index is 903. The van der Waals surface area contributed by atoms with Gasteiger partial charge in [0.15, 0.2) is 0 Å². The third-order valence-electron chi connectivity index (χ3n) is 5.28. The van der Waals surface area contributed by atoms with E-state index >= 15 is 0 Å². The highest BCUT2D eigenvalue weighted by Crippen LogP contribution is 2.33. The summed E-state index contributed by atoms with van der Waals surface area (Å²) in [5.74, 6) is 0.283. The zero-order valence-corrected chi connectivity index (χ0v) is 17.0. The number of nitrogens with zero attached hydrogens (tertiary/aromatic N) is 4. The van der Waals surface area contributed by atoms with Crippen LogP contribution in [0.4, 0.5) is 11.4 Å². The number of anilines is 2. The Labute approximate surface area is 169 Å². The normalized spacial score (nSPS) is 19.6. The number of carbonyl (C=O) groups excluding carboxylic acids is 2. The van der Waals surface area contributed by atoms with Crippen LogP contribution in [0.5, 0.6) is 0 Å². The molecule has 1 atom stereocenters. The molecule has 1 aromatic carbocycles. The maximum atomic E-state index is 13.0. The molecule has 0 unspecified atom stereocenters. The Hall–Kier alpha value is -2.54. The summed E-state index contributed by atoms with van der Waals surface area (Å²) in [5.41, 5.74) is 3.17. The summed E-state index contributed by atoms with van der Waals surface area (Å²) in [6.45, 7) is 6.42. The maximum absolute atomic E-state index is 13.0. The number of aryl methyl sites for hydroxylation is 1. The first-order valence-corrected chi connectivity index (χ1v) is 10.5. The summed E-state index contributed by atoms with van der Waals surface area (Å²) in [5, 5.41) is 0.813. The van der Waals surface area contributed by atoms with Gasteiger partial charge >= 0.3 is 0 Å². The van der Waals surface area contributed by atoms with Crippen molar-refractivity contribution in [2.45, 2.75) is 24.9 Å². The number of rotatable bonds is 3. The number of pyridine rings is 1. The fraction of sp³-hybridized carbons (Fsp3) is 0.381. The number of amides is 2. The summed E-state index contributed by atoms with van der Waals surface area (Å²) < 4.78 is 0. The van der Waals surface area contributed by atoms with Crippen LogP contribution in [0.1, 0.15) is 12.5 Å². The van der Waals surface area contributed by atoms with E-state index < -0.39 is 0 Å². The van der Waals surface area contributed by atoms with E-state index in [0.29, 0.717) is 18.8 Å². The Kier molecular flexibility index (Phi) is 5.26. The van der Waals surface area contributed by atoms with E-state index in [1.165, 1.54) is 23.0 Å². The van der Waals surface area contributed by atoms with Gasteiger partial charge in [0, 0.05) is 37.6 Å². The number of carbonyl (C=O) groups is 2. The molecule has 3 heterocycles.